The summed E-state index contributed by atoms with van der Waals surface area (Å²) < 4.78 is 0. The third-order valence-corrected chi connectivity index (χ3v) is 3.41. The molecule has 1 aromatic heterocycles. The van der Waals surface area contributed by atoms with Gasteiger partial charge < -0.3 is 11.1 Å². The van der Waals surface area contributed by atoms with E-state index in [0.717, 1.165) is 10.6 Å². The van der Waals surface area contributed by atoms with Crippen LogP contribution in [0.4, 0.5) is 0 Å². The summed E-state index contributed by atoms with van der Waals surface area (Å²) in [4.78, 5) is 16.4. The molecule has 20 heavy (non-hydrogen) atoms. The lowest BCUT2D eigenvalue weighted by Gasteiger charge is -2.07. The fourth-order valence-electron chi connectivity index (χ4n) is 1.69. The molecule has 3 N–H and O–H groups in total. The maximum absolute atomic E-state index is 12.2. The topological polar surface area (TPSA) is 68.0 Å². The first-order valence-corrected chi connectivity index (χ1v) is 7.05. The van der Waals surface area contributed by atoms with Crippen molar-refractivity contribution in [2.24, 2.45) is 5.73 Å². The van der Waals surface area contributed by atoms with E-state index in [9.17, 15) is 4.79 Å². The van der Waals surface area contributed by atoms with Gasteiger partial charge >= 0.3 is 0 Å². The number of hydrogen-bond acceptors (Lipinski definition) is 4. The Morgan fingerprint density at radius 1 is 1.50 bits per heavy atom. The van der Waals surface area contributed by atoms with E-state index in [-0.39, 0.29) is 12.5 Å². The van der Waals surface area contributed by atoms with Gasteiger partial charge in [-0.25, -0.2) is 4.98 Å². The molecule has 1 amide bonds. The van der Waals surface area contributed by atoms with Gasteiger partial charge in [-0.3, -0.25) is 4.79 Å². The minimum absolute atomic E-state index is 0.148. The fraction of sp³-hybridized carbons (Fsp3) is 0.200. The summed E-state index contributed by atoms with van der Waals surface area (Å²) in [6.07, 6.45) is 1.72. The highest BCUT2D eigenvalue weighted by Crippen LogP contribution is 2.11. The molecule has 1 heterocycles. The molecule has 0 saturated heterocycles. The van der Waals surface area contributed by atoms with E-state index in [4.69, 9.17) is 5.73 Å². The summed E-state index contributed by atoms with van der Waals surface area (Å²) in [7, 11) is 0. The average Bonchev–Trinajstić information content (AvgIpc) is 2.96. The SMILES string of the molecule is Cc1ccc(C#CCN)c(C(=O)NCc2nccs2)c1. The number of aryl methyl sites for hydroxylation is 1. The van der Waals surface area contributed by atoms with Crippen molar-refractivity contribution < 1.29 is 4.79 Å². The quantitative estimate of drug-likeness (QED) is 0.843. The van der Waals surface area contributed by atoms with Crippen molar-refractivity contribution in [1.29, 1.82) is 0 Å². The van der Waals surface area contributed by atoms with E-state index in [1.807, 2.05) is 30.5 Å². The van der Waals surface area contributed by atoms with E-state index in [1.54, 1.807) is 6.20 Å². The molecular formula is C15H15N3OS. The van der Waals surface area contributed by atoms with Crippen LogP contribution in [0.5, 0.6) is 0 Å². The first-order valence-electron chi connectivity index (χ1n) is 6.17. The second-order valence-electron chi connectivity index (χ2n) is 4.16. The Hall–Kier alpha value is -2.16. The number of carbonyl (C=O) groups excluding carboxylic acids is 1. The van der Waals surface area contributed by atoms with Crippen molar-refractivity contribution in [2.45, 2.75) is 13.5 Å². The smallest absolute Gasteiger partial charge is 0.252 e. The van der Waals surface area contributed by atoms with Gasteiger partial charge in [0.1, 0.15) is 5.01 Å². The molecule has 0 unspecified atom stereocenters. The Balaban J connectivity index is 2.17. The Bertz CT molecular complexity index is 653. The lowest BCUT2D eigenvalue weighted by molar-refractivity contribution is 0.0950. The Morgan fingerprint density at radius 2 is 2.35 bits per heavy atom. The molecule has 1 aromatic carbocycles. The molecule has 5 heteroatoms. The molecule has 0 aliphatic rings. The number of amides is 1. The van der Waals surface area contributed by atoms with Gasteiger partial charge in [-0.2, -0.15) is 0 Å². The van der Waals surface area contributed by atoms with Crippen molar-refractivity contribution in [3.05, 3.63) is 51.5 Å². The van der Waals surface area contributed by atoms with Crippen LogP contribution in [-0.4, -0.2) is 17.4 Å². The molecule has 0 bridgehead atoms. The minimum atomic E-state index is -0.148. The molecule has 0 spiro atoms. The molecule has 102 valence electrons. The monoisotopic (exact) mass is 285 g/mol. The summed E-state index contributed by atoms with van der Waals surface area (Å²) >= 11 is 1.51. The van der Waals surface area contributed by atoms with Crippen LogP contribution in [0.1, 0.15) is 26.5 Å². The summed E-state index contributed by atoms with van der Waals surface area (Å²) in [5, 5.41) is 5.61. The van der Waals surface area contributed by atoms with Crippen molar-refractivity contribution in [3.8, 4) is 11.8 Å². The molecule has 0 radical (unpaired) electrons. The number of nitrogens with one attached hydrogen (secondary N) is 1. The second kappa shape index (κ2) is 6.85. The van der Waals surface area contributed by atoms with Gasteiger partial charge in [0.2, 0.25) is 0 Å². The zero-order valence-corrected chi connectivity index (χ0v) is 12.0. The molecule has 0 atom stereocenters. The number of rotatable bonds is 3. The lowest BCUT2D eigenvalue weighted by Crippen LogP contribution is -2.23. The van der Waals surface area contributed by atoms with Gasteiger partial charge in [-0.15, -0.1) is 11.3 Å². The number of nitrogens with zero attached hydrogens (tertiary/aromatic N) is 1. The normalized spacial score (nSPS) is 9.70. The highest BCUT2D eigenvalue weighted by atomic mass is 32.1. The molecule has 0 aliphatic heterocycles. The average molecular weight is 285 g/mol. The highest BCUT2D eigenvalue weighted by molar-refractivity contribution is 7.09. The maximum Gasteiger partial charge on any atom is 0.252 e. The number of hydrogen-bond donors (Lipinski definition) is 2. The lowest BCUT2D eigenvalue weighted by atomic mass is 10.0. The number of aromatic nitrogens is 1. The molecule has 0 aliphatic carbocycles. The Morgan fingerprint density at radius 3 is 3.05 bits per heavy atom. The van der Waals surface area contributed by atoms with Crippen LogP contribution < -0.4 is 11.1 Å². The van der Waals surface area contributed by atoms with Gasteiger partial charge in [0, 0.05) is 17.1 Å². The third kappa shape index (κ3) is 3.67. The van der Waals surface area contributed by atoms with Crippen molar-refractivity contribution in [2.75, 3.05) is 6.54 Å². The number of carbonyl (C=O) groups is 1. The van der Waals surface area contributed by atoms with Crippen molar-refractivity contribution >= 4 is 17.2 Å². The molecule has 2 aromatic rings. The molecule has 2 rings (SSSR count). The van der Waals surface area contributed by atoms with Crippen LogP contribution in [0.2, 0.25) is 0 Å². The molecular weight excluding hydrogens is 270 g/mol. The van der Waals surface area contributed by atoms with Gasteiger partial charge in [-0.1, -0.05) is 23.5 Å². The van der Waals surface area contributed by atoms with Crippen LogP contribution in [0.25, 0.3) is 0 Å². The van der Waals surface area contributed by atoms with Crippen LogP contribution in [0, 0.1) is 18.8 Å². The summed E-state index contributed by atoms with van der Waals surface area (Å²) in [6.45, 7) is 2.64. The minimum Gasteiger partial charge on any atom is -0.345 e. The van der Waals surface area contributed by atoms with Gasteiger partial charge in [0.05, 0.1) is 18.7 Å². The van der Waals surface area contributed by atoms with E-state index in [1.165, 1.54) is 11.3 Å². The van der Waals surface area contributed by atoms with Gasteiger partial charge in [0.15, 0.2) is 0 Å². The van der Waals surface area contributed by atoms with Gasteiger partial charge in [-0.05, 0) is 19.1 Å². The Labute approximate surface area is 122 Å². The van der Waals surface area contributed by atoms with E-state index < -0.39 is 0 Å². The van der Waals surface area contributed by atoms with Crippen LogP contribution in [0.3, 0.4) is 0 Å². The fourth-order valence-corrected chi connectivity index (χ4v) is 2.25. The van der Waals surface area contributed by atoms with E-state index in [2.05, 4.69) is 22.1 Å². The van der Waals surface area contributed by atoms with Crippen LogP contribution >= 0.6 is 11.3 Å². The summed E-state index contributed by atoms with van der Waals surface area (Å²) in [5.41, 5.74) is 7.65. The zero-order chi connectivity index (χ0) is 14.4. The van der Waals surface area contributed by atoms with Crippen LogP contribution in [0.15, 0.2) is 29.8 Å². The summed E-state index contributed by atoms with van der Waals surface area (Å²) in [6, 6.07) is 5.60. The van der Waals surface area contributed by atoms with Crippen molar-refractivity contribution in [3.63, 3.8) is 0 Å². The van der Waals surface area contributed by atoms with E-state index >= 15 is 0 Å². The molecule has 4 nitrogen and oxygen atoms in total. The predicted molar refractivity (Wildman–Crippen MR) is 80.4 cm³/mol. The maximum atomic E-state index is 12.2. The number of benzene rings is 1. The molecule has 0 fully saturated rings. The second-order valence-corrected chi connectivity index (χ2v) is 5.14. The summed E-state index contributed by atoms with van der Waals surface area (Å²) in [5.74, 6) is 5.55. The highest BCUT2D eigenvalue weighted by Gasteiger charge is 2.10. The first-order chi connectivity index (χ1) is 9.70. The largest absolute Gasteiger partial charge is 0.345 e. The zero-order valence-electron chi connectivity index (χ0n) is 11.1. The third-order valence-electron chi connectivity index (χ3n) is 2.63. The molecule has 0 saturated carbocycles. The van der Waals surface area contributed by atoms with E-state index in [0.29, 0.717) is 17.7 Å². The van der Waals surface area contributed by atoms with Crippen LogP contribution in [-0.2, 0) is 6.54 Å². The standard InChI is InChI=1S/C15H15N3OS/c1-11-4-5-12(3-2-6-16)13(9-11)15(19)18-10-14-17-7-8-20-14/h4-5,7-9H,6,10,16H2,1H3,(H,18,19). The van der Waals surface area contributed by atoms with Gasteiger partial charge in [0.25, 0.3) is 5.91 Å². The van der Waals surface area contributed by atoms with Crippen molar-refractivity contribution in [1.82, 2.24) is 10.3 Å². The predicted octanol–water partition coefficient (Wildman–Crippen LogP) is 1.69. The Kier molecular flexibility index (Phi) is 4.88. The number of thiazole rings is 1. The first kappa shape index (κ1) is 14.3. The number of nitrogens with two attached hydrogens (primary N) is 1.